The smallest absolute Gasteiger partial charge is 0.282 e. The molecule has 162 valence electrons. The zero-order valence-electron chi connectivity index (χ0n) is 17.7. The lowest BCUT2D eigenvalue weighted by Crippen LogP contribution is -2.51. The average Bonchev–Trinajstić information content (AvgIpc) is 3.13. The van der Waals surface area contributed by atoms with E-state index in [0.29, 0.717) is 55.3 Å². The average molecular weight is 423 g/mol. The van der Waals surface area contributed by atoms with Crippen LogP contribution in [0, 0.1) is 0 Å². The van der Waals surface area contributed by atoms with E-state index in [4.69, 9.17) is 4.74 Å². The third-order valence-electron chi connectivity index (χ3n) is 5.38. The fourth-order valence-electron chi connectivity index (χ4n) is 3.75. The van der Waals surface area contributed by atoms with Crippen molar-refractivity contribution in [1.82, 2.24) is 24.1 Å². The lowest BCUT2D eigenvalue weighted by molar-refractivity contribution is -0.137. The molecule has 0 spiro atoms. The number of rotatable bonds is 5. The number of ether oxygens (including phenoxy) is 1. The van der Waals surface area contributed by atoms with Crippen molar-refractivity contribution in [3.05, 3.63) is 58.6 Å². The van der Waals surface area contributed by atoms with E-state index in [0.717, 1.165) is 0 Å². The molecular formula is C22H25N5O4. The van der Waals surface area contributed by atoms with Crippen molar-refractivity contribution >= 4 is 11.8 Å². The number of carbonyl (C=O) groups excluding carboxylic acids is 2. The third-order valence-corrected chi connectivity index (χ3v) is 5.38. The maximum absolute atomic E-state index is 13.3. The largest absolute Gasteiger partial charge is 0.372 e. The van der Waals surface area contributed by atoms with Gasteiger partial charge in [0.05, 0.1) is 16.8 Å². The van der Waals surface area contributed by atoms with Crippen LogP contribution in [0.3, 0.4) is 0 Å². The molecule has 0 radical (unpaired) electrons. The number of piperazine rings is 1. The minimum absolute atomic E-state index is 0.0583. The summed E-state index contributed by atoms with van der Waals surface area (Å²) in [5.74, 6) is -0.268. The number of aromatic nitrogens is 3. The quantitative estimate of drug-likeness (QED) is 0.611. The highest BCUT2D eigenvalue weighted by molar-refractivity contribution is 6.00. The molecule has 0 N–H and O–H groups in total. The number of hydrogen-bond acceptors (Lipinski definition) is 5. The normalized spacial score (nSPS) is 14.3. The monoisotopic (exact) mass is 423 g/mol. The molecule has 2 amide bonds. The molecule has 0 aromatic heterocycles. The van der Waals surface area contributed by atoms with Gasteiger partial charge in [-0.05, 0) is 19.1 Å². The maximum Gasteiger partial charge on any atom is 0.282 e. The molecule has 3 aliphatic rings. The van der Waals surface area contributed by atoms with E-state index in [1.807, 2.05) is 25.1 Å². The van der Waals surface area contributed by atoms with Crippen LogP contribution < -0.4 is 5.56 Å². The first-order chi connectivity index (χ1) is 15.0. The molecular weight excluding hydrogens is 398 g/mol. The van der Waals surface area contributed by atoms with Crippen molar-refractivity contribution in [2.75, 3.05) is 39.4 Å². The van der Waals surface area contributed by atoms with Gasteiger partial charge >= 0.3 is 0 Å². The lowest BCUT2D eigenvalue weighted by Gasteiger charge is -2.35. The first-order valence-electron chi connectivity index (χ1n) is 10.3. The van der Waals surface area contributed by atoms with Crippen LogP contribution in [-0.4, -0.2) is 75.4 Å². The van der Waals surface area contributed by atoms with Gasteiger partial charge < -0.3 is 19.1 Å². The zero-order chi connectivity index (χ0) is 22.0. The molecule has 3 aliphatic heterocycles. The number of benzene rings is 1. The van der Waals surface area contributed by atoms with Gasteiger partial charge in [-0.2, -0.15) is 9.78 Å². The molecule has 9 nitrogen and oxygen atoms in total. The SMILES string of the molecule is CCOCC(=O)N1CCN(C(=O)c2cn(C)cc3c(=O)n(-c4ccccc4)nc2-3)CC1. The van der Waals surface area contributed by atoms with Crippen LogP contribution in [0.2, 0.25) is 0 Å². The summed E-state index contributed by atoms with van der Waals surface area (Å²) in [6.45, 7) is 4.12. The number of pyridine rings is 1. The van der Waals surface area contributed by atoms with Crippen molar-refractivity contribution in [1.29, 1.82) is 0 Å². The van der Waals surface area contributed by atoms with E-state index < -0.39 is 0 Å². The van der Waals surface area contributed by atoms with Crippen molar-refractivity contribution in [2.24, 2.45) is 7.05 Å². The first-order valence-corrected chi connectivity index (χ1v) is 10.3. The predicted octanol–water partition coefficient (Wildman–Crippen LogP) is 0.997. The molecule has 0 atom stereocenters. The second-order valence-electron chi connectivity index (χ2n) is 7.46. The minimum Gasteiger partial charge on any atom is -0.372 e. The Morgan fingerprint density at radius 2 is 1.71 bits per heavy atom. The standard InChI is InChI=1S/C22H25N5O4/c1-3-31-15-19(28)25-9-11-26(12-10-25)21(29)17-13-24(2)14-18-20(17)23-27(22(18)30)16-7-5-4-6-8-16/h4-8,13-14H,3,9-12,15H2,1-2H3. The van der Waals surface area contributed by atoms with Gasteiger partial charge in [-0.3, -0.25) is 14.4 Å². The number of carbonyl (C=O) groups is 2. The maximum atomic E-state index is 13.3. The van der Waals surface area contributed by atoms with Crippen molar-refractivity contribution in [3.63, 3.8) is 0 Å². The van der Waals surface area contributed by atoms with Gasteiger partial charge in [-0.1, -0.05) is 18.2 Å². The summed E-state index contributed by atoms with van der Waals surface area (Å²) in [5.41, 5.74) is 1.53. The van der Waals surface area contributed by atoms with Gasteiger partial charge in [0.25, 0.3) is 11.5 Å². The van der Waals surface area contributed by atoms with E-state index >= 15 is 0 Å². The Balaban J connectivity index is 1.59. The minimum atomic E-state index is -0.266. The molecule has 1 aromatic carbocycles. The van der Waals surface area contributed by atoms with E-state index in [1.54, 1.807) is 45.9 Å². The Kier molecular flexibility index (Phi) is 5.85. The molecule has 31 heavy (non-hydrogen) atoms. The Morgan fingerprint density at radius 3 is 2.39 bits per heavy atom. The Labute approximate surface area is 179 Å². The van der Waals surface area contributed by atoms with E-state index in [2.05, 4.69) is 5.10 Å². The number of para-hydroxylation sites is 1. The second-order valence-corrected chi connectivity index (χ2v) is 7.46. The van der Waals surface area contributed by atoms with Crippen LogP contribution in [0.1, 0.15) is 17.3 Å². The fourth-order valence-corrected chi connectivity index (χ4v) is 3.75. The second kappa shape index (κ2) is 8.73. The van der Waals surface area contributed by atoms with Gasteiger partial charge in [-0.15, -0.1) is 0 Å². The summed E-state index contributed by atoms with van der Waals surface area (Å²) in [5, 5.41) is 4.48. The number of amides is 2. The van der Waals surface area contributed by atoms with Crippen molar-refractivity contribution < 1.29 is 14.3 Å². The molecule has 0 bridgehead atoms. The molecule has 1 aromatic rings. The summed E-state index contributed by atoms with van der Waals surface area (Å²) < 4.78 is 8.22. The first kappa shape index (κ1) is 20.8. The van der Waals surface area contributed by atoms with Gasteiger partial charge in [0.1, 0.15) is 12.3 Å². The highest BCUT2D eigenvalue weighted by atomic mass is 16.5. The zero-order valence-corrected chi connectivity index (χ0v) is 17.7. The molecule has 4 rings (SSSR count). The highest BCUT2D eigenvalue weighted by Gasteiger charge is 2.29. The lowest BCUT2D eigenvalue weighted by atomic mass is 10.1. The number of nitrogens with zero attached hydrogens (tertiary/aromatic N) is 5. The van der Waals surface area contributed by atoms with Crippen LogP contribution in [0.5, 0.6) is 0 Å². The van der Waals surface area contributed by atoms with E-state index in [9.17, 15) is 14.4 Å². The third kappa shape index (κ3) is 4.09. The number of hydrogen-bond donors (Lipinski definition) is 0. The topological polar surface area (TPSA) is 89.7 Å². The van der Waals surface area contributed by atoms with Crippen molar-refractivity contribution in [2.45, 2.75) is 6.92 Å². The molecule has 9 heteroatoms. The molecule has 0 saturated carbocycles. The van der Waals surface area contributed by atoms with Gasteiger partial charge in [0.2, 0.25) is 5.91 Å². The Morgan fingerprint density at radius 1 is 1.03 bits per heavy atom. The summed E-state index contributed by atoms with van der Waals surface area (Å²) in [7, 11) is 1.78. The molecule has 0 unspecified atom stereocenters. The van der Waals surface area contributed by atoms with Crippen LogP contribution in [0.4, 0.5) is 0 Å². The summed E-state index contributed by atoms with van der Waals surface area (Å²) in [4.78, 5) is 41.8. The Bertz CT molecular complexity index is 1110. The molecule has 1 saturated heterocycles. The number of aryl methyl sites for hydroxylation is 1. The molecule has 1 fully saturated rings. The summed E-state index contributed by atoms with van der Waals surface area (Å²) in [6.07, 6.45) is 3.38. The van der Waals surface area contributed by atoms with Gasteiger partial charge in [0.15, 0.2) is 0 Å². The van der Waals surface area contributed by atoms with Gasteiger partial charge in [-0.25, -0.2) is 0 Å². The number of fused-ring (bicyclic) bond motifs is 1. The molecule has 3 heterocycles. The van der Waals surface area contributed by atoms with E-state index in [1.165, 1.54) is 4.68 Å². The Hall–Kier alpha value is -3.46. The van der Waals surface area contributed by atoms with Crippen LogP contribution in [0.15, 0.2) is 47.5 Å². The fraction of sp³-hybridized carbons (Fsp3) is 0.364. The van der Waals surface area contributed by atoms with Crippen LogP contribution in [-0.2, 0) is 16.6 Å². The van der Waals surface area contributed by atoms with Gasteiger partial charge in [0, 0.05) is 52.2 Å². The van der Waals surface area contributed by atoms with Crippen LogP contribution >= 0.6 is 0 Å². The molecule has 0 aliphatic carbocycles. The van der Waals surface area contributed by atoms with Crippen LogP contribution in [0.25, 0.3) is 16.9 Å². The van der Waals surface area contributed by atoms with Crippen molar-refractivity contribution in [3.8, 4) is 16.9 Å². The summed E-state index contributed by atoms with van der Waals surface area (Å²) in [6, 6.07) is 9.13. The highest BCUT2D eigenvalue weighted by Crippen LogP contribution is 2.23. The van der Waals surface area contributed by atoms with E-state index in [-0.39, 0.29) is 24.0 Å². The predicted molar refractivity (Wildman–Crippen MR) is 114 cm³/mol. The summed E-state index contributed by atoms with van der Waals surface area (Å²) >= 11 is 0.